The third kappa shape index (κ3) is 3.65. The molecule has 0 aromatic heterocycles. The van der Waals surface area contributed by atoms with Crippen LogP contribution in [0.2, 0.25) is 0 Å². The fraction of sp³-hybridized carbons (Fsp3) is 0.917. The molecule has 1 amide bonds. The first kappa shape index (κ1) is 15.4. The highest BCUT2D eigenvalue weighted by Gasteiger charge is 2.37. The molecule has 0 spiro atoms. The van der Waals surface area contributed by atoms with Crippen molar-refractivity contribution >= 4 is 5.91 Å². The molecular formula is C12H24N2O4. The normalized spacial score (nSPS) is 30.6. The molecule has 106 valence electrons. The summed E-state index contributed by atoms with van der Waals surface area (Å²) in [6.07, 6.45) is -1.43. The van der Waals surface area contributed by atoms with Crippen LogP contribution in [0, 0.1) is 11.8 Å². The lowest BCUT2D eigenvalue weighted by Crippen LogP contribution is -2.58. The van der Waals surface area contributed by atoms with Crippen molar-refractivity contribution in [2.75, 3.05) is 19.7 Å². The number of aliphatic hydroxyl groups excluding tert-OH is 3. The van der Waals surface area contributed by atoms with Crippen LogP contribution in [0.1, 0.15) is 20.3 Å². The van der Waals surface area contributed by atoms with Crippen molar-refractivity contribution in [2.24, 2.45) is 17.6 Å². The Morgan fingerprint density at radius 1 is 1.39 bits per heavy atom. The van der Waals surface area contributed by atoms with E-state index in [1.54, 1.807) is 0 Å². The molecule has 1 heterocycles. The van der Waals surface area contributed by atoms with Crippen LogP contribution in [-0.2, 0) is 4.79 Å². The van der Waals surface area contributed by atoms with Gasteiger partial charge in [-0.25, -0.2) is 0 Å². The predicted molar refractivity (Wildman–Crippen MR) is 66.6 cm³/mol. The van der Waals surface area contributed by atoms with Gasteiger partial charge in [-0.1, -0.05) is 13.8 Å². The zero-order chi connectivity index (χ0) is 13.9. The fourth-order valence-electron chi connectivity index (χ4n) is 2.30. The van der Waals surface area contributed by atoms with E-state index in [2.05, 4.69) is 0 Å². The number of amides is 1. The standard InChI is InChI=1S/C12H24N2O4/c1-7(2)3-9(13)12(18)14-4-8(6-15)11(17)10(16)5-14/h7-11,15-17H,3-6,13H2,1-2H3/t8-,9-,10-,11-/m1/s1. The van der Waals surface area contributed by atoms with Gasteiger partial charge in [-0.2, -0.15) is 0 Å². The minimum atomic E-state index is -1.02. The summed E-state index contributed by atoms with van der Waals surface area (Å²) < 4.78 is 0. The van der Waals surface area contributed by atoms with Crippen LogP contribution in [0.3, 0.4) is 0 Å². The van der Waals surface area contributed by atoms with Gasteiger partial charge in [0.25, 0.3) is 0 Å². The summed E-state index contributed by atoms with van der Waals surface area (Å²) in [5.41, 5.74) is 5.82. The van der Waals surface area contributed by atoms with Gasteiger partial charge in [0, 0.05) is 19.0 Å². The number of β-amino-alcohol motifs (C(OH)–C–C–N with tert-alkyl or cyclic N) is 1. The smallest absolute Gasteiger partial charge is 0.239 e. The summed E-state index contributed by atoms with van der Waals surface area (Å²) in [7, 11) is 0. The number of carbonyl (C=O) groups excluding carboxylic acids is 1. The van der Waals surface area contributed by atoms with E-state index in [0.29, 0.717) is 12.3 Å². The van der Waals surface area contributed by atoms with E-state index in [4.69, 9.17) is 10.8 Å². The molecule has 18 heavy (non-hydrogen) atoms. The van der Waals surface area contributed by atoms with E-state index in [0.717, 1.165) is 0 Å². The van der Waals surface area contributed by atoms with Crippen molar-refractivity contribution in [3.05, 3.63) is 0 Å². The highest BCUT2D eigenvalue weighted by Crippen LogP contribution is 2.19. The molecule has 1 aliphatic heterocycles. The van der Waals surface area contributed by atoms with E-state index in [-0.39, 0.29) is 25.6 Å². The molecule has 0 saturated carbocycles. The van der Waals surface area contributed by atoms with Crippen LogP contribution in [0.15, 0.2) is 0 Å². The first-order valence-electron chi connectivity index (χ1n) is 6.38. The maximum absolute atomic E-state index is 12.1. The Morgan fingerprint density at radius 3 is 2.50 bits per heavy atom. The molecule has 0 aromatic rings. The monoisotopic (exact) mass is 260 g/mol. The summed E-state index contributed by atoms with van der Waals surface area (Å²) in [6.45, 7) is 4.01. The van der Waals surface area contributed by atoms with E-state index in [1.807, 2.05) is 13.8 Å². The van der Waals surface area contributed by atoms with Gasteiger partial charge in [-0.3, -0.25) is 4.79 Å². The zero-order valence-electron chi connectivity index (χ0n) is 11.0. The molecule has 0 bridgehead atoms. The summed E-state index contributed by atoms with van der Waals surface area (Å²) in [5.74, 6) is -0.421. The van der Waals surface area contributed by atoms with Gasteiger partial charge >= 0.3 is 0 Å². The molecule has 0 unspecified atom stereocenters. The van der Waals surface area contributed by atoms with Gasteiger partial charge in [-0.15, -0.1) is 0 Å². The molecule has 1 aliphatic rings. The van der Waals surface area contributed by atoms with Crippen molar-refractivity contribution in [1.82, 2.24) is 4.90 Å². The van der Waals surface area contributed by atoms with E-state index >= 15 is 0 Å². The number of nitrogens with two attached hydrogens (primary N) is 1. The van der Waals surface area contributed by atoms with Crippen LogP contribution in [0.25, 0.3) is 0 Å². The minimum Gasteiger partial charge on any atom is -0.396 e. The average molecular weight is 260 g/mol. The highest BCUT2D eigenvalue weighted by molar-refractivity contribution is 5.81. The largest absolute Gasteiger partial charge is 0.396 e. The molecule has 5 N–H and O–H groups in total. The van der Waals surface area contributed by atoms with Crippen molar-refractivity contribution in [3.8, 4) is 0 Å². The third-order valence-electron chi connectivity index (χ3n) is 3.33. The highest BCUT2D eigenvalue weighted by atomic mass is 16.3. The summed E-state index contributed by atoms with van der Waals surface area (Å²) in [6, 6.07) is -0.591. The SMILES string of the molecule is CC(C)C[C@@H](N)C(=O)N1C[C@H](CO)[C@@H](O)[C@H](O)C1. The summed E-state index contributed by atoms with van der Waals surface area (Å²) in [5, 5.41) is 28.4. The van der Waals surface area contributed by atoms with Crippen LogP contribution in [0.5, 0.6) is 0 Å². The number of hydrogen-bond acceptors (Lipinski definition) is 5. The summed E-state index contributed by atoms with van der Waals surface area (Å²) in [4.78, 5) is 13.5. The lowest BCUT2D eigenvalue weighted by atomic mass is 9.92. The third-order valence-corrected chi connectivity index (χ3v) is 3.33. The predicted octanol–water partition coefficient (Wildman–Crippen LogP) is -1.47. The quantitative estimate of drug-likeness (QED) is 0.494. The van der Waals surface area contributed by atoms with Crippen LogP contribution >= 0.6 is 0 Å². The second kappa shape index (κ2) is 6.47. The molecule has 6 nitrogen and oxygen atoms in total. The van der Waals surface area contributed by atoms with Gasteiger partial charge in [0.1, 0.15) is 0 Å². The van der Waals surface area contributed by atoms with E-state index in [9.17, 15) is 15.0 Å². The van der Waals surface area contributed by atoms with Crippen molar-refractivity contribution < 1.29 is 20.1 Å². The van der Waals surface area contributed by atoms with Gasteiger partial charge in [0.05, 0.1) is 24.9 Å². The lowest BCUT2D eigenvalue weighted by Gasteiger charge is -2.39. The minimum absolute atomic E-state index is 0.0717. The molecule has 0 aliphatic carbocycles. The van der Waals surface area contributed by atoms with Gasteiger partial charge in [-0.05, 0) is 12.3 Å². The molecule has 1 rings (SSSR count). The van der Waals surface area contributed by atoms with Gasteiger partial charge < -0.3 is 26.0 Å². The van der Waals surface area contributed by atoms with Gasteiger partial charge in [0.15, 0.2) is 0 Å². The molecular weight excluding hydrogens is 236 g/mol. The Bertz CT molecular complexity index is 285. The van der Waals surface area contributed by atoms with Crippen LogP contribution < -0.4 is 5.73 Å². The summed E-state index contributed by atoms with van der Waals surface area (Å²) >= 11 is 0. The number of hydrogen-bond donors (Lipinski definition) is 4. The number of piperidine rings is 1. The van der Waals surface area contributed by atoms with Crippen molar-refractivity contribution in [3.63, 3.8) is 0 Å². The van der Waals surface area contributed by atoms with Crippen LogP contribution in [0.4, 0.5) is 0 Å². The molecule has 1 fully saturated rings. The average Bonchev–Trinajstić information content (AvgIpc) is 2.30. The first-order chi connectivity index (χ1) is 8.36. The molecule has 1 saturated heterocycles. The second-order valence-electron chi connectivity index (χ2n) is 5.48. The Kier molecular flexibility index (Phi) is 5.52. The Balaban J connectivity index is 2.63. The zero-order valence-corrected chi connectivity index (χ0v) is 11.0. The van der Waals surface area contributed by atoms with Crippen LogP contribution in [-0.4, -0.2) is 64.1 Å². The molecule has 0 aromatic carbocycles. The molecule has 4 atom stereocenters. The number of rotatable bonds is 4. The van der Waals surface area contributed by atoms with E-state index in [1.165, 1.54) is 4.90 Å². The number of likely N-dealkylation sites (tertiary alicyclic amines) is 1. The molecule has 0 radical (unpaired) electrons. The first-order valence-corrected chi connectivity index (χ1v) is 6.38. The van der Waals surface area contributed by atoms with E-state index < -0.39 is 24.2 Å². The number of carbonyl (C=O) groups is 1. The fourth-order valence-corrected chi connectivity index (χ4v) is 2.30. The number of nitrogens with zero attached hydrogens (tertiary/aromatic N) is 1. The van der Waals surface area contributed by atoms with Crippen molar-refractivity contribution in [1.29, 1.82) is 0 Å². The van der Waals surface area contributed by atoms with Crippen molar-refractivity contribution in [2.45, 2.75) is 38.5 Å². The van der Waals surface area contributed by atoms with Gasteiger partial charge in [0.2, 0.25) is 5.91 Å². The number of aliphatic hydroxyl groups is 3. The second-order valence-corrected chi connectivity index (χ2v) is 5.48. The lowest BCUT2D eigenvalue weighted by molar-refractivity contribution is -0.145. The Morgan fingerprint density at radius 2 is 2.00 bits per heavy atom. The topological polar surface area (TPSA) is 107 Å². The Labute approximate surface area is 107 Å². The molecule has 6 heteroatoms. The maximum atomic E-state index is 12.1. The Hall–Kier alpha value is -0.690. The maximum Gasteiger partial charge on any atom is 0.239 e.